The summed E-state index contributed by atoms with van der Waals surface area (Å²) in [4.78, 5) is 11.7. The lowest BCUT2D eigenvalue weighted by Crippen LogP contribution is -2.33. The Morgan fingerprint density at radius 3 is 2.68 bits per heavy atom. The smallest absolute Gasteiger partial charge is 0.134 e. The minimum atomic E-state index is 0.956. The van der Waals surface area contributed by atoms with Crippen LogP contribution in [0.1, 0.15) is 32.5 Å². The molecule has 0 spiro atoms. The Bertz CT molecular complexity index is 391. The third-order valence-electron chi connectivity index (χ3n) is 3.12. The van der Waals surface area contributed by atoms with Gasteiger partial charge in [-0.25, -0.2) is 9.97 Å². The standard InChI is InChI=1S/C14H24N4S/c1-3-5-12-16-13(15-6-4-2)11-14(17-12)18-7-9-19-10-8-18/h11H,3-10H2,1-2H3,(H,15,16,17). The highest BCUT2D eigenvalue weighted by atomic mass is 32.2. The largest absolute Gasteiger partial charge is 0.370 e. The summed E-state index contributed by atoms with van der Waals surface area (Å²) in [6, 6.07) is 2.10. The van der Waals surface area contributed by atoms with Crippen molar-refractivity contribution >= 4 is 23.4 Å². The maximum Gasteiger partial charge on any atom is 0.134 e. The van der Waals surface area contributed by atoms with Gasteiger partial charge in [-0.3, -0.25) is 0 Å². The number of hydrogen-bond donors (Lipinski definition) is 1. The first kappa shape index (κ1) is 14.4. The van der Waals surface area contributed by atoms with E-state index < -0.39 is 0 Å². The lowest BCUT2D eigenvalue weighted by molar-refractivity contribution is 0.793. The molecule has 0 bridgehead atoms. The van der Waals surface area contributed by atoms with Gasteiger partial charge < -0.3 is 10.2 Å². The fourth-order valence-electron chi connectivity index (χ4n) is 2.12. The molecule has 4 nitrogen and oxygen atoms in total. The lowest BCUT2D eigenvalue weighted by Gasteiger charge is -2.28. The molecule has 0 saturated carbocycles. The summed E-state index contributed by atoms with van der Waals surface area (Å²) >= 11 is 2.03. The zero-order valence-corrected chi connectivity index (χ0v) is 12.8. The second kappa shape index (κ2) is 7.58. The van der Waals surface area contributed by atoms with Crippen molar-refractivity contribution in [2.75, 3.05) is 41.4 Å². The van der Waals surface area contributed by atoms with E-state index in [9.17, 15) is 0 Å². The first-order valence-corrected chi connectivity index (χ1v) is 8.43. The molecule has 0 amide bonds. The van der Waals surface area contributed by atoms with E-state index in [0.717, 1.165) is 56.4 Å². The number of anilines is 2. The van der Waals surface area contributed by atoms with E-state index in [1.54, 1.807) is 0 Å². The fourth-order valence-corrected chi connectivity index (χ4v) is 3.02. The van der Waals surface area contributed by atoms with Crippen molar-refractivity contribution in [1.82, 2.24) is 9.97 Å². The van der Waals surface area contributed by atoms with Crippen molar-refractivity contribution in [3.8, 4) is 0 Å². The highest BCUT2D eigenvalue weighted by Gasteiger charge is 2.14. The number of nitrogens with zero attached hydrogens (tertiary/aromatic N) is 3. The molecular weight excluding hydrogens is 256 g/mol. The molecule has 1 aromatic heterocycles. The predicted molar refractivity (Wildman–Crippen MR) is 84.3 cm³/mol. The first-order chi connectivity index (χ1) is 9.33. The highest BCUT2D eigenvalue weighted by molar-refractivity contribution is 7.99. The summed E-state index contributed by atoms with van der Waals surface area (Å²) in [5.41, 5.74) is 0. The normalized spacial score (nSPS) is 15.6. The minimum Gasteiger partial charge on any atom is -0.370 e. The number of thioether (sulfide) groups is 1. The molecule has 0 unspecified atom stereocenters. The van der Waals surface area contributed by atoms with Crippen LogP contribution < -0.4 is 10.2 Å². The topological polar surface area (TPSA) is 41.0 Å². The van der Waals surface area contributed by atoms with Crippen molar-refractivity contribution in [1.29, 1.82) is 0 Å². The highest BCUT2D eigenvalue weighted by Crippen LogP contribution is 2.20. The predicted octanol–water partition coefficient (Wildman–Crippen LogP) is 2.80. The zero-order chi connectivity index (χ0) is 13.5. The molecule has 19 heavy (non-hydrogen) atoms. The monoisotopic (exact) mass is 280 g/mol. The van der Waals surface area contributed by atoms with E-state index in [1.807, 2.05) is 11.8 Å². The van der Waals surface area contributed by atoms with Crippen LogP contribution >= 0.6 is 11.8 Å². The minimum absolute atomic E-state index is 0.956. The Hall–Kier alpha value is -0.970. The van der Waals surface area contributed by atoms with Crippen LogP contribution in [0.5, 0.6) is 0 Å². The first-order valence-electron chi connectivity index (χ1n) is 7.28. The van der Waals surface area contributed by atoms with Crippen LogP contribution in [-0.2, 0) is 6.42 Å². The van der Waals surface area contributed by atoms with Gasteiger partial charge >= 0.3 is 0 Å². The summed E-state index contributed by atoms with van der Waals surface area (Å²) in [5.74, 6) is 5.44. The fraction of sp³-hybridized carbons (Fsp3) is 0.714. The second-order valence-corrected chi connectivity index (χ2v) is 6.03. The third kappa shape index (κ3) is 4.27. The molecule has 1 aliphatic rings. The molecule has 0 aromatic carbocycles. The molecule has 5 heteroatoms. The third-order valence-corrected chi connectivity index (χ3v) is 4.07. The van der Waals surface area contributed by atoms with Gasteiger partial charge in [-0.05, 0) is 12.8 Å². The lowest BCUT2D eigenvalue weighted by atomic mass is 10.3. The molecule has 1 aromatic rings. The molecule has 1 aliphatic heterocycles. The van der Waals surface area contributed by atoms with Crippen molar-refractivity contribution in [2.45, 2.75) is 33.1 Å². The summed E-state index contributed by atoms with van der Waals surface area (Å²) < 4.78 is 0. The van der Waals surface area contributed by atoms with Gasteiger partial charge in [-0.15, -0.1) is 0 Å². The van der Waals surface area contributed by atoms with Crippen LogP contribution in [-0.4, -0.2) is 41.1 Å². The molecule has 2 heterocycles. The van der Waals surface area contributed by atoms with E-state index in [0.29, 0.717) is 0 Å². The van der Waals surface area contributed by atoms with E-state index in [4.69, 9.17) is 4.98 Å². The summed E-state index contributed by atoms with van der Waals surface area (Å²) in [6.45, 7) is 7.51. The molecule has 2 rings (SSSR count). The van der Waals surface area contributed by atoms with E-state index in [-0.39, 0.29) is 0 Å². The van der Waals surface area contributed by atoms with Gasteiger partial charge in [-0.1, -0.05) is 13.8 Å². The Morgan fingerprint density at radius 2 is 2.00 bits per heavy atom. The maximum atomic E-state index is 4.72. The van der Waals surface area contributed by atoms with Crippen molar-refractivity contribution in [3.05, 3.63) is 11.9 Å². The van der Waals surface area contributed by atoms with Crippen molar-refractivity contribution < 1.29 is 0 Å². The number of aromatic nitrogens is 2. The van der Waals surface area contributed by atoms with Crippen molar-refractivity contribution in [3.63, 3.8) is 0 Å². The Morgan fingerprint density at radius 1 is 1.21 bits per heavy atom. The summed E-state index contributed by atoms with van der Waals surface area (Å²) in [7, 11) is 0. The molecule has 0 aliphatic carbocycles. The van der Waals surface area contributed by atoms with Crippen LogP contribution in [0.4, 0.5) is 11.6 Å². The molecular formula is C14H24N4S. The van der Waals surface area contributed by atoms with Crippen LogP contribution in [0.2, 0.25) is 0 Å². The van der Waals surface area contributed by atoms with Gasteiger partial charge in [0.15, 0.2) is 0 Å². The zero-order valence-electron chi connectivity index (χ0n) is 12.0. The van der Waals surface area contributed by atoms with Gasteiger partial charge in [0.2, 0.25) is 0 Å². The van der Waals surface area contributed by atoms with Gasteiger partial charge in [0.1, 0.15) is 17.5 Å². The Kier molecular flexibility index (Phi) is 5.76. The Labute approximate surface area is 120 Å². The van der Waals surface area contributed by atoms with E-state index in [1.165, 1.54) is 11.5 Å². The van der Waals surface area contributed by atoms with Crippen LogP contribution in [0.25, 0.3) is 0 Å². The van der Waals surface area contributed by atoms with Gasteiger partial charge in [0, 0.05) is 43.6 Å². The number of aryl methyl sites for hydroxylation is 1. The second-order valence-electron chi connectivity index (χ2n) is 4.80. The quantitative estimate of drug-likeness (QED) is 0.868. The van der Waals surface area contributed by atoms with Gasteiger partial charge in [-0.2, -0.15) is 11.8 Å². The molecule has 1 fully saturated rings. The Balaban J connectivity index is 2.17. The van der Waals surface area contributed by atoms with Crippen LogP contribution in [0.15, 0.2) is 6.07 Å². The molecule has 0 radical (unpaired) electrons. The van der Waals surface area contributed by atoms with E-state index >= 15 is 0 Å². The average Bonchev–Trinajstić information content (AvgIpc) is 2.46. The van der Waals surface area contributed by atoms with Crippen LogP contribution in [0, 0.1) is 0 Å². The molecule has 0 atom stereocenters. The average molecular weight is 280 g/mol. The number of rotatable bonds is 6. The molecule has 1 N–H and O–H groups in total. The number of nitrogens with one attached hydrogen (secondary N) is 1. The van der Waals surface area contributed by atoms with Gasteiger partial charge in [0.25, 0.3) is 0 Å². The SMILES string of the molecule is CCCNc1cc(N2CCSCC2)nc(CCC)n1. The summed E-state index contributed by atoms with van der Waals surface area (Å²) in [5, 5.41) is 3.39. The summed E-state index contributed by atoms with van der Waals surface area (Å²) in [6.07, 6.45) is 3.16. The van der Waals surface area contributed by atoms with Crippen molar-refractivity contribution in [2.24, 2.45) is 0 Å². The molecule has 106 valence electrons. The number of hydrogen-bond acceptors (Lipinski definition) is 5. The maximum absolute atomic E-state index is 4.72. The van der Waals surface area contributed by atoms with Crippen LogP contribution in [0.3, 0.4) is 0 Å². The molecule has 1 saturated heterocycles. The van der Waals surface area contributed by atoms with Gasteiger partial charge in [0.05, 0.1) is 0 Å². The van der Waals surface area contributed by atoms with E-state index in [2.05, 4.69) is 35.1 Å².